The van der Waals surface area contributed by atoms with Crippen molar-refractivity contribution in [1.29, 1.82) is 0 Å². The molecule has 1 aromatic carbocycles. The van der Waals surface area contributed by atoms with Crippen LogP contribution in [-0.4, -0.2) is 42.0 Å². The van der Waals surface area contributed by atoms with Gasteiger partial charge in [0.15, 0.2) is 5.58 Å². The van der Waals surface area contributed by atoms with Crippen LogP contribution < -0.4 is 4.90 Å². The van der Waals surface area contributed by atoms with Crippen molar-refractivity contribution in [1.82, 2.24) is 9.88 Å². The van der Waals surface area contributed by atoms with Gasteiger partial charge in [-0.15, -0.1) is 0 Å². The van der Waals surface area contributed by atoms with Gasteiger partial charge in [-0.1, -0.05) is 6.92 Å². The second-order valence-electron chi connectivity index (χ2n) is 12.5. The fourth-order valence-corrected chi connectivity index (χ4v) is 8.87. The molecule has 1 amide bonds. The van der Waals surface area contributed by atoms with Crippen molar-refractivity contribution in [3.8, 4) is 0 Å². The molecule has 3 atom stereocenters. The summed E-state index contributed by atoms with van der Waals surface area (Å²) in [6.45, 7) is 6.14. The van der Waals surface area contributed by atoms with E-state index in [2.05, 4.69) is 21.7 Å². The van der Waals surface area contributed by atoms with Crippen LogP contribution in [0, 0.1) is 40.3 Å². The van der Waals surface area contributed by atoms with Gasteiger partial charge in [0.1, 0.15) is 11.3 Å². The fourth-order valence-electron chi connectivity index (χ4n) is 8.87. The maximum absolute atomic E-state index is 13.9. The molecular weight excluding hydrogens is 417 g/mol. The maximum Gasteiger partial charge on any atom is 0.298 e. The topological polar surface area (TPSA) is 49.6 Å². The Labute approximate surface area is 194 Å². The average molecular weight is 452 g/mol. The number of carbonyl (C=O) groups is 1. The van der Waals surface area contributed by atoms with Crippen LogP contribution in [0.4, 0.5) is 10.4 Å². The Kier molecular flexibility index (Phi) is 4.27. The van der Waals surface area contributed by atoms with Gasteiger partial charge in [0.25, 0.3) is 6.01 Å². The number of hydrogen-bond donors (Lipinski definition) is 0. The first-order valence-electron chi connectivity index (χ1n) is 13.0. The number of amides is 1. The van der Waals surface area contributed by atoms with Crippen LogP contribution in [0.3, 0.4) is 0 Å². The zero-order chi connectivity index (χ0) is 22.4. The summed E-state index contributed by atoms with van der Waals surface area (Å²) >= 11 is 0. The van der Waals surface area contributed by atoms with E-state index in [0.717, 1.165) is 63.7 Å². The number of hydrogen-bond acceptors (Lipinski definition) is 4. The van der Waals surface area contributed by atoms with E-state index in [1.165, 1.54) is 37.8 Å². The second-order valence-corrected chi connectivity index (χ2v) is 12.5. The Balaban J connectivity index is 1.02. The molecule has 1 aromatic heterocycles. The molecule has 33 heavy (non-hydrogen) atoms. The van der Waals surface area contributed by atoms with Crippen LogP contribution in [0.15, 0.2) is 22.6 Å². The van der Waals surface area contributed by atoms with E-state index >= 15 is 0 Å². The van der Waals surface area contributed by atoms with Gasteiger partial charge in [-0.25, -0.2) is 4.39 Å². The van der Waals surface area contributed by atoms with E-state index in [-0.39, 0.29) is 11.2 Å². The normalized spacial score (nSPS) is 38.2. The number of carbonyl (C=O) groups excluding carboxylic acids is 1. The Morgan fingerprint density at radius 1 is 1.12 bits per heavy atom. The molecule has 6 heteroatoms. The highest BCUT2D eigenvalue weighted by Crippen LogP contribution is 2.65. The number of fused-ring (bicyclic) bond motifs is 1. The Morgan fingerprint density at radius 3 is 2.67 bits per heavy atom. The quantitative estimate of drug-likeness (QED) is 0.640. The third-order valence-electron chi connectivity index (χ3n) is 9.74. The van der Waals surface area contributed by atoms with Crippen molar-refractivity contribution in [2.75, 3.05) is 31.1 Å². The molecule has 0 N–H and O–H groups in total. The average Bonchev–Trinajstić information content (AvgIpc) is 3.13. The van der Waals surface area contributed by atoms with Crippen molar-refractivity contribution in [2.45, 2.75) is 58.3 Å². The first-order valence-corrected chi connectivity index (χ1v) is 13.0. The molecule has 2 aromatic rings. The van der Waals surface area contributed by atoms with Gasteiger partial charge in [0.05, 0.1) is 5.41 Å². The van der Waals surface area contributed by atoms with Gasteiger partial charge in [0.2, 0.25) is 5.91 Å². The Bertz CT molecular complexity index is 1090. The molecule has 4 aliphatic carbocycles. The lowest BCUT2D eigenvalue weighted by Gasteiger charge is -2.61. The molecule has 2 saturated heterocycles. The summed E-state index contributed by atoms with van der Waals surface area (Å²) in [5, 5.41) is 0. The van der Waals surface area contributed by atoms with Gasteiger partial charge in [0, 0.05) is 32.2 Å². The van der Waals surface area contributed by atoms with Crippen molar-refractivity contribution in [3.05, 3.63) is 24.0 Å². The lowest BCUT2D eigenvalue weighted by atomic mass is 9.44. The number of likely N-dealkylation sites (tertiary alicyclic amines) is 1. The van der Waals surface area contributed by atoms with Crippen molar-refractivity contribution in [2.24, 2.45) is 34.5 Å². The summed E-state index contributed by atoms with van der Waals surface area (Å²) in [4.78, 5) is 22.9. The lowest BCUT2D eigenvalue weighted by molar-refractivity contribution is -0.168. The number of anilines is 1. The minimum absolute atomic E-state index is 0.0557. The summed E-state index contributed by atoms with van der Waals surface area (Å²) in [6, 6.07) is 5.09. The molecule has 3 unspecified atom stereocenters. The van der Waals surface area contributed by atoms with Crippen molar-refractivity contribution >= 4 is 23.0 Å². The Hall–Kier alpha value is -2.11. The first kappa shape index (κ1) is 20.3. The number of piperidine rings is 1. The number of aromatic nitrogens is 1. The summed E-state index contributed by atoms with van der Waals surface area (Å²) < 4.78 is 19.3. The predicted molar refractivity (Wildman–Crippen MR) is 124 cm³/mol. The van der Waals surface area contributed by atoms with Crippen LogP contribution in [-0.2, 0) is 4.79 Å². The zero-order valence-electron chi connectivity index (χ0n) is 19.6. The van der Waals surface area contributed by atoms with Crippen LogP contribution in [0.25, 0.3) is 11.1 Å². The fraction of sp³-hybridized carbons (Fsp3) is 0.704. The highest BCUT2D eigenvalue weighted by Gasteiger charge is 2.59. The summed E-state index contributed by atoms with van der Waals surface area (Å²) in [5.74, 6) is 2.89. The monoisotopic (exact) mass is 451 g/mol. The van der Waals surface area contributed by atoms with Gasteiger partial charge < -0.3 is 14.2 Å². The van der Waals surface area contributed by atoms with Gasteiger partial charge in [-0.3, -0.25) is 4.79 Å². The number of benzene rings is 1. The van der Waals surface area contributed by atoms with E-state index in [0.29, 0.717) is 40.3 Å². The summed E-state index contributed by atoms with van der Waals surface area (Å²) in [6.07, 6.45) is 9.81. The Morgan fingerprint density at radius 2 is 1.91 bits per heavy atom. The number of nitrogens with zero attached hydrogens (tertiary/aromatic N) is 3. The summed E-state index contributed by atoms with van der Waals surface area (Å²) in [5.41, 5.74) is 1.56. The van der Waals surface area contributed by atoms with Crippen molar-refractivity contribution in [3.63, 3.8) is 0 Å². The molecule has 6 aliphatic rings. The zero-order valence-corrected chi connectivity index (χ0v) is 19.6. The van der Waals surface area contributed by atoms with Crippen LogP contribution >= 0.6 is 0 Å². The third-order valence-corrected chi connectivity index (χ3v) is 9.74. The highest BCUT2D eigenvalue weighted by molar-refractivity contribution is 5.83. The molecule has 0 radical (unpaired) electrons. The SMILES string of the molecule is CC12CC3CC(C1)CC(C(=O)N1CCCC(C4CN(c5nc6ccc(F)cc6o5)C4)C1)(C3)C2. The van der Waals surface area contributed by atoms with E-state index in [9.17, 15) is 9.18 Å². The molecule has 4 saturated carbocycles. The molecule has 8 rings (SSSR count). The molecule has 4 bridgehead atoms. The van der Waals surface area contributed by atoms with Crippen LogP contribution in [0.1, 0.15) is 58.3 Å². The minimum Gasteiger partial charge on any atom is -0.423 e. The van der Waals surface area contributed by atoms with Gasteiger partial charge >= 0.3 is 0 Å². The van der Waals surface area contributed by atoms with Gasteiger partial charge in [-0.05, 0) is 92.6 Å². The smallest absolute Gasteiger partial charge is 0.298 e. The maximum atomic E-state index is 13.9. The number of oxazole rings is 1. The molecule has 3 heterocycles. The molecule has 176 valence electrons. The van der Waals surface area contributed by atoms with E-state index in [4.69, 9.17) is 4.42 Å². The molecular formula is C27H34FN3O2. The number of halogens is 1. The van der Waals surface area contributed by atoms with E-state index in [1.54, 1.807) is 6.07 Å². The molecule has 6 fully saturated rings. The number of rotatable bonds is 3. The minimum atomic E-state index is -0.299. The van der Waals surface area contributed by atoms with Crippen LogP contribution in [0.2, 0.25) is 0 Å². The van der Waals surface area contributed by atoms with E-state index < -0.39 is 0 Å². The largest absolute Gasteiger partial charge is 0.423 e. The molecule has 0 spiro atoms. The van der Waals surface area contributed by atoms with Gasteiger partial charge in [-0.2, -0.15) is 4.98 Å². The van der Waals surface area contributed by atoms with Crippen LogP contribution in [0.5, 0.6) is 0 Å². The summed E-state index contributed by atoms with van der Waals surface area (Å²) in [7, 11) is 0. The highest BCUT2D eigenvalue weighted by atomic mass is 19.1. The lowest BCUT2D eigenvalue weighted by Crippen LogP contribution is -2.60. The molecule has 5 nitrogen and oxygen atoms in total. The predicted octanol–water partition coefficient (Wildman–Crippen LogP) is 5.25. The molecule has 2 aliphatic heterocycles. The van der Waals surface area contributed by atoms with E-state index in [1.807, 2.05) is 0 Å². The third kappa shape index (κ3) is 3.23. The first-order chi connectivity index (χ1) is 15.9. The van der Waals surface area contributed by atoms with Crippen molar-refractivity contribution < 1.29 is 13.6 Å². The standard InChI is InChI=1S/C27H34FN3O2/c1-26-9-17-7-18(10-26)12-27(11-17,16-26)24(32)30-6-2-3-19(13-30)20-14-31(15-20)25-29-22-5-4-21(28)8-23(22)33-25/h4-5,8,17-20H,2-3,6-7,9-16H2,1H3. The second kappa shape index (κ2) is 6.96.